The van der Waals surface area contributed by atoms with Gasteiger partial charge in [-0.25, -0.2) is 0 Å². The van der Waals surface area contributed by atoms with Crippen LogP contribution in [0.25, 0.3) is 0 Å². The fraction of sp³-hybridized carbons (Fsp3) is 0.533. The third-order valence-corrected chi connectivity index (χ3v) is 3.94. The lowest BCUT2D eigenvalue weighted by Gasteiger charge is -2.27. The fourth-order valence-corrected chi connectivity index (χ4v) is 2.53. The largest absolute Gasteiger partial charge is 0.398 e. The van der Waals surface area contributed by atoms with Crippen molar-refractivity contribution in [3.05, 3.63) is 29.3 Å². The molecule has 0 saturated heterocycles. The number of nitrogen functional groups attached to an aromatic ring is 1. The van der Waals surface area contributed by atoms with Crippen LogP contribution >= 0.6 is 0 Å². The van der Waals surface area contributed by atoms with Gasteiger partial charge >= 0.3 is 0 Å². The summed E-state index contributed by atoms with van der Waals surface area (Å²) in [6.45, 7) is 2.45. The van der Waals surface area contributed by atoms with E-state index in [2.05, 4.69) is 5.32 Å². The van der Waals surface area contributed by atoms with Crippen LogP contribution in [-0.2, 0) is 0 Å². The maximum absolute atomic E-state index is 12.0. The summed E-state index contributed by atoms with van der Waals surface area (Å²) in [7, 11) is 0. The van der Waals surface area contributed by atoms with Crippen LogP contribution in [-0.4, -0.2) is 23.7 Å². The van der Waals surface area contributed by atoms with E-state index in [0.29, 0.717) is 17.8 Å². The Morgan fingerprint density at radius 1 is 1.42 bits per heavy atom. The van der Waals surface area contributed by atoms with Gasteiger partial charge in [0, 0.05) is 23.7 Å². The molecule has 2 atom stereocenters. The van der Waals surface area contributed by atoms with Crippen LogP contribution in [0.1, 0.15) is 41.6 Å². The first kappa shape index (κ1) is 13.9. The van der Waals surface area contributed by atoms with E-state index in [1.54, 1.807) is 12.1 Å². The molecule has 0 spiro atoms. The molecule has 0 heterocycles. The predicted molar refractivity (Wildman–Crippen MR) is 75.9 cm³/mol. The Hall–Kier alpha value is -1.55. The van der Waals surface area contributed by atoms with E-state index in [1.807, 2.05) is 13.0 Å². The number of benzene rings is 1. The third kappa shape index (κ3) is 3.47. The van der Waals surface area contributed by atoms with Crippen LogP contribution in [0.2, 0.25) is 0 Å². The molecule has 0 radical (unpaired) electrons. The normalized spacial score (nSPS) is 23.1. The number of aliphatic hydroxyl groups is 1. The smallest absolute Gasteiger partial charge is 0.251 e. The minimum atomic E-state index is -0.280. The van der Waals surface area contributed by atoms with Gasteiger partial charge in [0.05, 0.1) is 6.10 Å². The van der Waals surface area contributed by atoms with Gasteiger partial charge in [0.2, 0.25) is 0 Å². The number of hydrogen-bond acceptors (Lipinski definition) is 3. The molecule has 0 aliphatic heterocycles. The molecule has 1 aromatic carbocycles. The minimum absolute atomic E-state index is 0.121. The maximum atomic E-state index is 12.0. The van der Waals surface area contributed by atoms with E-state index >= 15 is 0 Å². The third-order valence-electron chi connectivity index (χ3n) is 3.94. The van der Waals surface area contributed by atoms with Gasteiger partial charge in [-0.2, -0.15) is 0 Å². The summed E-state index contributed by atoms with van der Waals surface area (Å²) in [6, 6.07) is 5.32. The number of carbonyl (C=O) groups is 1. The number of anilines is 1. The molecule has 1 fully saturated rings. The number of nitrogens with one attached hydrogen (secondary N) is 1. The van der Waals surface area contributed by atoms with Crippen LogP contribution < -0.4 is 11.1 Å². The average molecular weight is 262 g/mol. The number of nitrogens with two attached hydrogens (primary N) is 1. The zero-order chi connectivity index (χ0) is 13.8. The topological polar surface area (TPSA) is 75.3 Å². The Labute approximate surface area is 114 Å². The highest BCUT2D eigenvalue weighted by molar-refractivity contribution is 5.95. The molecular formula is C15H22N2O2. The number of amides is 1. The second-order valence-electron chi connectivity index (χ2n) is 5.39. The first-order valence-corrected chi connectivity index (χ1v) is 6.90. The second kappa shape index (κ2) is 6.06. The molecule has 0 aromatic heterocycles. The monoisotopic (exact) mass is 262 g/mol. The first-order chi connectivity index (χ1) is 9.08. The molecule has 2 unspecified atom stereocenters. The molecule has 1 amide bonds. The van der Waals surface area contributed by atoms with Gasteiger partial charge < -0.3 is 16.2 Å². The Bertz CT molecular complexity index is 459. The molecule has 4 heteroatoms. The lowest BCUT2D eigenvalue weighted by atomic mass is 9.86. The SMILES string of the molecule is Cc1ccc(C(=O)NCC2CCCCC2O)cc1N. The van der Waals surface area contributed by atoms with E-state index in [0.717, 1.165) is 31.2 Å². The van der Waals surface area contributed by atoms with Crippen LogP contribution in [0.3, 0.4) is 0 Å². The number of aryl methyl sites for hydroxylation is 1. The van der Waals surface area contributed by atoms with Crippen molar-refractivity contribution in [1.29, 1.82) is 0 Å². The Kier molecular flexibility index (Phi) is 4.43. The van der Waals surface area contributed by atoms with Crippen molar-refractivity contribution >= 4 is 11.6 Å². The summed E-state index contributed by atoms with van der Waals surface area (Å²) in [4.78, 5) is 12.0. The van der Waals surface area contributed by atoms with Gasteiger partial charge in [-0.1, -0.05) is 18.9 Å². The van der Waals surface area contributed by atoms with Gasteiger partial charge in [0.15, 0.2) is 0 Å². The zero-order valence-corrected chi connectivity index (χ0v) is 11.4. The molecule has 1 aromatic rings. The Morgan fingerprint density at radius 3 is 2.84 bits per heavy atom. The van der Waals surface area contributed by atoms with E-state index in [4.69, 9.17) is 5.73 Å². The summed E-state index contributed by atoms with van der Waals surface area (Å²) in [5.74, 6) is 0.0602. The van der Waals surface area contributed by atoms with Crippen LogP contribution in [0.4, 0.5) is 5.69 Å². The molecule has 2 rings (SSSR count). The lowest BCUT2D eigenvalue weighted by Crippen LogP contribution is -2.36. The molecule has 1 aliphatic carbocycles. The average Bonchev–Trinajstić information content (AvgIpc) is 2.40. The van der Waals surface area contributed by atoms with Crippen molar-refractivity contribution < 1.29 is 9.90 Å². The minimum Gasteiger partial charge on any atom is -0.398 e. The predicted octanol–water partition coefficient (Wildman–Crippen LogP) is 1.86. The first-order valence-electron chi connectivity index (χ1n) is 6.90. The molecule has 4 nitrogen and oxygen atoms in total. The van der Waals surface area contributed by atoms with Gasteiger partial charge in [0.1, 0.15) is 0 Å². The number of aliphatic hydroxyl groups excluding tert-OH is 1. The zero-order valence-electron chi connectivity index (χ0n) is 11.4. The fourth-order valence-electron chi connectivity index (χ4n) is 2.53. The summed E-state index contributed by atoms with van der Waals surface area (Å²) >= 11 is 0. The van der Waals surface area contributed by atoms with Crippen LogP contribution in [0.15, 0.2) is 18.2 Å². The molecular weight excluding hydrogens is 240 g/mol. The highest BCUT2D eigenvalue weighted by Crippen LogP contribution is 2.23. The van der Waals surface area contributed by atoms with Crippen LogP contribution in [0.5, 0.6) is 0 Å². The van der Waals surface area contributed by atoms with E-state index in [1.165, 1.54) is 0 Å². The van der Waals surface area contributed by atoms with Gasteiger partial charge in [0.25, 0.3) is 5.91 Å². The Balaban J connectivity index is 1.91. The quantitative estimate of drug-likeness (QED) is 0.728. The summed E-state index contributed by atoms with van der Waals surface area (Å²) in [5, 5.41) is 12.8. The van der Waals surface area contributed by atoms with Crippen molar-refractivity contribution in [2.75, 3.05) is 12.3 Å². The molecule has 4 N–H and O–H groups in total. The molecule has 1 saturated carbocycles. The molecule has 1 aliphatic rings. The van der Waals surface area contributed by atoms with Crippen LogP contribution in [0, 0.1) is 12.8 Å². The van der Waals surface area contributed by atoms with Gasteiger partial charge in [-0.15, -0.1) is 0 Å². The number of carbonyl (C=O) groups excluding carboxylic acids is 1. The maximum Gasteiger partial charge on any atom is 0.251 e. The van der Waals surface area contributed by atoms with Crippen molar-refractivity contribution in [2.45, 2.75) is 38.7 Å². The van der Waals surface area contributed by atoms with E-state index in [-0.39, 0.29) is 17.9 Å². The number of rotatable bonds is 3. The van der Waals surface area contributed by atoms with Crippen molar-refractivity contribution in [1.82, 2.24) is 5.32 Å². The van der Waals surface area contributed by atoms with Crippen molar-refractivity contribution in [3.8, 4) is 0 Å². The van der Waals surface area contributed by atoms with Crippen molar-refractivity contribution in [3.63, 3.8) is 0 Å². The second-order valence-corrected chi connectivity index (χ2v) is 5.39. The number of hydrogen-bond donors (Lipinski definition) is 3. The van der Waals surface area contributed by atoms with E-state index < -0.39 is 0 Å². The highest BCUT2D eigenvalue weighted by atomic mass is 16.3. The lowest BCUT2D eigenvalue weighted by molar-refractivity contribution is 0.0663. The summed E-state index contributed by atoms with van der Waals surface area (Å²) in [5.41, 5.74) is 7.98. The van der Waals surface area contributed by atoms with E-state index in [9.17, 15) is 9.90 Å². The molecule has 19 heavy (non-hydrogen) atoms. The standard InChI is InChI=1S/C15H22N2O2/c1-10-6-7-11(8-13(10)16)15(19)17-9-12-4-2-3-5-14(12)18/h6-8,12,14,18H,2-5,9,16H2,1H3,(H,17,19). The Morgan fingerprint density at radius 2 is 2.16 bits per heavy atom. The molecule has 0 bridgehead atoms. The van der Waals surface area contributed by atoms with Crippen molar-refractivity contribution in [2.24, 2.45) is 5.92 Å². The summed E-state index contributed by atoms with van der Waals surface area (Å²) in [6.07, 6.45) is 3.77. The van der Waals surface area contributed by atoms with Gasteiger partial charge in [-0.05, 0) is 37.5 Å². The van der Waals surface area contributed by atoms with Gasteiger partial charge in [-0.3, -0.25) is 4.79 Å². The highest BCUT2D eigenvalue weighted by Gasteiger charge is 2.23. The molecule has 104 valence electrons. The summed E-state index contributed by atoms with van der Waals surface area (Å²) < 4.78 is 0.